The first kappa shape index (κ1) is 10.1. The van der Waals surface area contributed by atoms with Crippen LogP contribution in [0.4, 0.5) is 0 Å². The van der Waals surface area contributed by atoms with Crippen LogP contribution in [0.3, 0.4) is 0 Å². The lowest BCUT2D eigenvalue weighted by atomic mass is 9.98. The summed E-state index contributed by atoms with van der Waals surface area (Å²) in [6.07, 6.45) is 0.607. The van der Waals surface area contributed by atoms with Gasteiger partial charge >= 0.3 is 0 Å². The largest absolute Gasteiger partial charge is 0.388 e. The van der Waals surface area contributed by atoms with Crippen molar-refractivity contribution in [2.24, 2.45) is 0 Å². The molecule has 1 nitrogen and oxygen atoms in total. The number of rotatable bonds is 0. The fraction of sp³-hybridized carbons (Fsp3) is 0.500. The molecule has 0 radical (unpaired) electrons. The van der Waals surface area contributed by atoms with Gasteiger partial charge in [-0.25, -0.2) is 0 Å². The standard InChI is InChI=1S/C12H16OS/c1-8-3-4-10-7-14-9(2)6-12(13)11(10)5-8/h3-5,9,12-13H,6-7H2,1-2H3/t9?,12-/m0/s1. The first-order valence-electron chi connectivity index (χ1n) is 5.06. The number of fused-ring (bicyclic) bond motifs is 1. The maximum absolute atomic E-state index is 10.0. The Balaban J connectivity index is 2.39. The molecule has 1 aliphatic heterocycles. The second-order valence-corrected chi connectivity index (χ2v) is 5.50. The number of hydrogen-bond donors (Lipinski definition) is 1. The van der Waals surface area contributed by atoms with Crippen molar-refractivity contribution < 1.29 is 5.11 Å². The molecule has 1 N–H and O–H groups in total. The van der Waals surface area contributed by atoms with Crippen LogP contribution < -0.4 is 0 Å². The summed E-state index contributed by atoms with van der Waals surface area (Å²) in [4.78, 5) is 0. The van der Waals surface area contributed by atoms with E-state index in [1.165, 1.54) is 11.1 Å². The van der Waals surface area contributed by atoms with E-state index in [9.17, 15) is 5.11 Å². The van der Waals surface area contributed by atoms with Crippen molar-refractivity contribution in [1.29, 1.82) is 0 Å². The molecule has 0 aliphatic carbocycles. The first-order chi connectivity index (χ1) is 6.66. The number of hydrogen-bond acceptors (Lipinski definition) is 2. The molecule has 0 saturated heterocycles. The Hall–Kier alpha value is -0.470. The summed E-state index contributed by atoms with van der Waals surface area (Å²) in [7, 11) is 0. The minimum atomic E-state index is -0.269. The number of benzene rings is 1. The third-order valence-corrected chi connectivity index (χ3v) is 3.98. The number of thioether (sulfide) groups is 1. The third kappa shape index (κ3) is 1.96. The van der Waals surface area contributed by atoms with E-state index in [0.717, 1.165) is 17.7 Å². The van der Waals surface area contributed by atoms with E-state index in [4.69, 9.17) is 0 Å². The van der Waals surface area contributed by atoms with Crippen LogP contribution in [0, 0.1) is 6.92 Å². The number of aliphatic hydroxyl groups excluding tert-OH is 1. The van der Waals surface area contributed by atoms with Gasteiger partial charge in [0.25, 0.3) is 0 Å². The zero-order valence-electron chi connectivity index (χ0n) is 8.66. The average Bonchev–Trinajstić information content (AvgIpc) is 2.27. The highest BCUT2D eigenvalue weighted by Crippen LogP contribution is 2.34. The summed E-state index contributed by atoms with van der Waals surface area (Å²) in [5.74, 6) is 1.04. The van der Waals surface area contributed by atoms with Crippen molar-refractivity contribution in [3.63, 3.8) is 0 Å². The summed E-state index contributed by atoms with van der Waals surface area (Å²) in [5, 5.41) is 10.6. The summed E-state index contributed by atoms with van der Waals surface area (Å²) in [5.41, 5.74) is 3.68. The van der Waals surface area contributed by atoms with Gasteiger partial charge in [0.1, 0.15) is 0 Å². The van der Waals surface area contributed by atoms with Crippen LogP contribution in [0.25, 0.3) is 0 Å². The number of aliphatic hydroxyl groups is 1. The fourth-order valence-electron chi connectivity index (χ4n) is 1.90. The van der Waals surface area contributed by atoms with Crippen molar-refractivity contribution in [3.05, 3.63) is 34.9 Å². The molecule has 0 saturated carbocycles. The van der Waals surface area contributed by atoms with Crippen LogP contribution in [0.5, 0.6) is 0 Å². The molecule has 0 fully saturated rings. The average molecular weight is 208 g/mol. The van der Waals surface area contributed by atoms with Crippen molar-refractivity contribution in [2.45, 2.75) is 37.4 Å². The molecule has 2 atom stereocenters. The van der Waals surface area contributed by atoms with Gasteiger partial charge in [0.2, 0.25) is 0 Å². The van der Waals surface area contributed by atoms with Crippen molar-refractivity contribution in [3.8, 4) is 0 Å². The molecule has 14 heavy (non-hydrogen) atoms. The van der Waals surface area contributed by atoms with E-state index >= 15 is 0 Å². The van der Waals surface area contributed by atoms with E-state index in [-0.39, 0.29) is 6.10 Å². The molecule has 2 rings (SSSR count). The SMILES string of the molecule is Cc1ccc2c(c1)[C@@H](O)CC(C)SC2. The van der Waals surface area contributed by atoms with Crippen LogP contribution >= 0.6 is 11.8 Å². The lowest BCUT2D eigenvalue weighted by Gasteiger charge is -2.13. The molecule has 1 aromatic rings. The molecule has 1 unspecified atom stereocenters. The topological polar surface area (TPSA) is 20.2 Å². The van der Waals surface area contributed by atoms with Crippen LogP contribution in [-0.4, -0.2) is 10.4 Å². The maximum atomic E-state index is 10.0. The van der Waals surface area contributed by atoms with Crippen LogP contribution in [-0.2, 0) is 5.75 Å². The number of aryl methyl sites for hydroxylation is 1. The Labute approximate surface area is 89.5 Å². The van der Waals surface area contributed by atoms with Gasteiger partial charge in [-0.15, -0.1) is 0 Å². The van der Waals surface area contributed by atoms with Gasteiger partial charge in [0.15, 0.2) is 0 Å². The van der Waals surface area contributed by atoms with Gasteiger partial charge in [0, 0.05) is 11.0 Å². The molecular formula is C12H16OS. The second kappa shape index (κ2) is 3.95. The van der Waals surface area contributed by atoms with E-state index in [1.807, 2.05) is 11.8 Å². The van der Waals surface area contributed by atoms with Gasteiger partial charge in [0.05, 0.1) is 6.10 Å². The lowest BCUT2D eigenvalue weighted by molar-refractivity contribution is 0.168. The lowest BCUT2D eigenvalue weighted by Crippen LogP contribution is -2.03. The highest BCUT2D eigenvalue weighted by Gasteiger charge is 2.20. The Bertz CT molecular complexity index is 335. The highest BCUT2D eigenvalue weighted by atomic mass is 32.2. The first-order valence-corrected chi connectivity index (χ1v) is 6.11. The zero-order chi connectivity index (χ0) is 10.1. The molecule has 0 spiro atoms. The van der Waals surface area contributed by atoms with Gasteiger partial charge in [-0.2, -0.15) is 11.8 Å². The Morgan fingerprint density at radius 1 is 1.43 bits per heavy atom. The van der Waals surface area contributed by atoms with Crippen molar-refractivity contribution in [2.75, 3.05) is 0 Å². The van der Waals surface area contributed by atoms with Crippen LogP contribution in [0.15, 0.2) is 18.2 Å². The van der Waals surface area contributed by atoms with Gasteiger partial charge in [-0.1, -0.05) is 30.7 Å². The summed E-state index contributed by atoms with van der Waals surface area (Å²) < 4.78 is 0. The Morgan fingerprint density at radius 2 is 2.21 bits per heavy atom. The Morgan fingerprint density at radius 3 is 3.00 bits per heavy atom. The smallest absolute Gasteiger partial charge is 0.0803 e. The fourth-order valence-corrected chi connectivity index (χ4v) is 2.94. The van der Waals surface area contributed by atoms with E-state index in [1.54, 1.807) is 0 Å². The molecule has 1 heterocycles. The van der Waals surface area contributed by atoms with Crippen LogP contribution in [0.2, 0.25) is 0 Å². The molecule has 0 amide bonds. The molecule has 0 bridgehead atoms. The molecule has 76 valence electrons. The van der Waals surface area contributed by atoms with Crippen LogP contribution in [0.1, 0.15) is 36.1 Å². The normalized spacial score (nSPS) is 26.8. The molecule has 0 aromatic heterocycles. The van der Waals surface area contributed by atoms with Crippen molar-refractivity contribution >= 4 is 11.8 Å². The Kier molecular flexibility index (Phi) is 2.84. The summed E-state index contributed by atoms with van der Waals surface area (Å²) >= 11 is 1.93. The predicted molar refractivity (Wildman–Crippen MR) is 61.5 cm³/mol. The van der Waals surface area contributed by atoms with Gasteiger partial charge in [-0.05, 0) is 24.5 Å². The maximum Gasteiger partial charge on any atom is 0.0803 e. The van der Waals surface area contributed by atoms with E-state index in [2.05, 4.69) is 32.0 Å². The van der Waals surface area contributed by atoms with Gasteiger partial charge < -0.3 is 5.11 Å². The molecule has 1 aliphatic rings. The second-order valence-electron chi connectivity index (χ2n) is 4.08. The molecule has 1 aromatic carbocycles. The summed E-state index contributed by atoms with van der Waals surface area (Å²) in [6, 6.07) is 6.40. The van der Waals surface area contributed by atoms with Crippen molar-refractivity contribution in [1.82, 2.24) is 0 Å². The van der Waals surface area contributed by atoms with E-state index in [0.29, 0.717) is 5.25 Å². The molecule has 2 heteroatoms. The van der Waals surface area contributed by atoms with Gasteiger partial charge in [-0.3, -0.25) is 0 Å². The minimum absolute atomic E-state index is 0.269. The summed E-state index contributed by atoms with van der Waals surface area (Å²) in [6.45, 7) is 4.26. The van der Waals surface area contributed by atoms with E-state index < -0.39 is 0 Å². The predicted octanol–water partition coefficient (Wildman–Crippen LogP) is 3.05. The molecular weight excluding hydrogens is 192 g/mol. The quantitative estimate of drug-likeness (QED) is 0.707. The minimum Gasteiger partial charge on any atom is -0.388 e. The third-order valence-electron chi connectivity index (χ3n) is 2.74. The zero-order valence-corrected chi connectivity index (χ0v) is 9.47. The highest BCUT2D eigenvalue weighted by molar-refractivity contribution is 7.99. The monoisotopic (exact) mass is 208 g/mol.